The molecule has 0 bridgehead atoms. The van der Waals surface area contributed by atoms with Gasteiger partial charge in [0.15, 0.2) is 5.84 Å². The Hall–Kier alpha value is -5.52. The molecule has 0 fully saturated rings. The molecule has 0 amide bonds. The summed E-state index contributed by atoms with van der Waals surface area (Å²) in [5, 5.41) is 4.71. The summed E-state index contributed by atoms with van der Waals surface area (Å²) in [5.41, 5.74) is 8.12. The van der Waals surface area contributed by atoms with Crippen molar-refractivity contribution < 1.29 is 0 Å². The van der Waals surface area contributed by atoms with Gasteiger partial charge in [0.05, 0.1) is 27.8 Å². The number of rotatable bonds is 4. The van der Waals surface area contributed by atoms with Crippen LogP contribution < -0.4 is 0 Å². The number of aromatic nitrogens is 2. The maximum absolute atomic E-state index is 5.28. The molecule has 0 unspecified atom stereocenters. The highest BCUT2D eigenvalue weighted by Crippen LogP contribution is 2.41. The van der Waals surface area contributed by atoms with Crippen LogP contribution >= 0.6 is 15.9 Å². The minimum Gasteiger partial charge on any atom is -0.307 e. The Kier molecular flexibility index (Phi) is 6.96. The van der Waals surface area contributed by atoms with Gasteiger partial charge in [-0.15, -0.1) is 0 Å². The summed E-state index contributed by atoms with van der Waals surface area (Å²) in [5.74, 6) is 1.42. The Balaban J connectivity index is 1.47. The molecule has 5 heteroatoms. The van der Waals surface area contributed by atoms with Gasteiger partial charge in [0.2, 0.25) is 0 Å². The summed E-state index contributed by atoms with van der Waals surface area (Å²) in [6.07, 6.45) is 0. The molecule has 4 nitrogen and oxygen atoms in total. The Morgan fingerprint density at radius 3 is 1.89 bits per heavy atom. The fourth-order valence-corrected chi connectivity index (χ4v) is 6.83. The van der Waals surface area contributed by atoms with Gasteiger partial charge in [-0.2, -0.15) is 0 Å². The Morgan fingerprint density at radius 2 is 1.17 bits per heavy atom. The summed E-state index contributed by atoms with van der Waals surface area (Å²) in [6, 6.07) is 50.4. The van der Waals surface area contributed by atoms with E-state index in [1.165, 1.54) is 21.5 Å². The molecule has 220 valence electrons. The third-order valence-electron chi connectivity index (χ3n) is 8.51. The summed E-state index contributed by atoms with van der Waals surface area (Å²) in [4.78, 5) is 10.3. The van der Waals surface area contributed by atoms with E-state index in [9.17, 15) is 0 Å². The van der Waals surface area contributed by atoms with E-state index >= 15 is 0 Å². The second-order valence-electron chi connectivity index (χ2n) is 11.3. The van der Waals surface area contributed by atoms with Crippen LogP contribution in [0.5, 0.6) is 0 Å². The topological polar surface area (TPSA) is 34.6 Å². The van der Waals surface area contributed by atoms with Crippen molar-refractivity contribution in [1.82, 2.24) is 9.13 Å². The minimum absolute atomic E-state index is 0.609. The van der Waals surface area contributed by atoms with E-state index in [2.05, 4.69) is 123 Å². The zero-order chi connectivity index (χ0) is 31.2. The minimum atomic E-state index is 0.609. The van der Waals surface area contributed by atoms with Gasteiger partial charge in [0.25, 0.3) is 0 Å². The molecule has 0 atom stereocenters. The van der Waals surface area contributed by atoms with Gasteiger partial charge in [-0.3, -0.25) is 4.57 Å². The van der Waals surface area contributed by atoms with E-state index in [0.29, 0.717) is 11.5 Å². The fourth-order valence-electron chi connectivity index (χ4n) is 6.47. The van der Waals surface area contributed by atoms with E-state index in [1.54, 1.807) is 0 Å². The number of halogens is 1. The van der Waals surface area contributed by atoms with Crippen molar-refractivity contribution in [1.29, 1.82) is 0 Å². The van der Waals surface area contributed by atoms with Crippen LogP contribution in [-0.4, -0.2) is 20.8 Å². The smallest absolute Gasteiger partial charge is 0.161 e. The van der Waals surface area contributed by atoms with Gasteiger partial charge in [0, 0.05) is 37.3 Å². The Morgan fingerprint density at radius 1 is 0.565 bits per heavy atom. The number of amidine groups is 1. The molecule has 46 heavy (non-hydrogen) atoms. The molecule has 0 saturated heterocycles. The third-order valence-corrected chi connectivity index (χ3v) is 9.00. The van der Waals surface area contributed by atoms with Crippen molar-refractivity contribution in [3.05, 3.63) is 168 Å². The maximum Gasteiger partial charge on any atom is 0.161 e. The van der Waals surface area contributed by atoms with E-state index in [1.807, 2.05) is 60.7 Å². The highest BCUT2D eigenvalue weighted by molar-refractivity contribution is 9.10. The molecular weight excluding hydrogens is 628 g/mol. The highest BCUT2D eigenvalue weighted by atomic mass is 79.9. The first kappa shape index (κ1) is 28.0. The first-order chi connectivity index (χ1) is 22.6. The average molecular weight is 658 g/mol. The Labute approximate surface area is 275 Å². The number of aliphatic imine (C=N–C) groups is 2. The van der Waals surface area contributed by atoms with E-state index in [4.69, 9.17) is 9.98 Å². The highest BCUT2D eigenvalue weighted by Gasteiger charge is 2.21. The number of hydrogen-bond acceptors (Lipinski definition) is 1. The largest absolute Gasteiger partial charge is 0.307 e. The van der Waals surface area contributed by atoms with Crippen molar-refractivity contribution in [3.8, 4) is 5.69 Å². The van der Waals surface area contributed by atoms with Crippen LogP contribution in [0.15, 0.2) is 167 Å². The van der Waals surface area contributed by atoms with Crippen molar-refractivity contribution >= 4 is 76.9 Å². The predicted octanol–water partition coefficient (Wildman–Crippen LogP) is 11.0. The molecule has 6 aromatic carbocycles. The lowest BCUT2D eigenvalue weighted by molar-refractivity contribution is 1.17. The quantitative estimate of drug-likeness (QED) is 0.133. The lowest BCUT2D eigenvalue weighted by Crippen LogP contribution is -2.12. The van der Waals surface area contributed by atoms with Crippen molar-refractivity contribution in [2.75, 3.05) is 0 Å². The van der Waals surface area contributed by atoms with Crippen molar-refractivity contribution in [3.63, 3.8) is 0 Å². The van der Waals surface area contributed by atoms with E-state index < -0.39 is 0 Å². The summed E-state index contributed by atoms with van der Waals surface area (Å²) in [6.45, 7) is 6.38. The van der Waals surface area contributed by atoms with Crippen LogP contribution in [0.1, 0.15) is 18.1 Å². The second-order valence-corrected chi connectivity index (χ2v) is 12.2. The van der Waals surface area contributed by atoms with Crippen molar-refractivity contribution in [2.24, 2.45) is 9.98 Å². The first-order valence-corrected chi connectivity index (χ1v) is 16.0. The third kappa shape index (κ3) is 4.68. The van der Waals surface area contributed by atoms with Gasteiger partial charge in [-0.1, -0.05) is 132 Å². The molecule has 2 heterocycles. The molecule has 0 aliphatic rings. The number of benzene rings is 6. The van der Waals surface area contributed by atoms with Crippen LogP contribution in [0.2, 0.25) is 0 Å². The van der Waals surface area contributed by atoms with Gasteiger partial charge in [0.1, 0.15) is 5.84 Å². The molecule has 0 saturated carbocycles. The molecular formula is C41H29BrN4. The van der Waals surface area contributed by atoms with E-state index in [-0.39, 0.29) is 0 Å². The molecule has 0 aliphatic carbocycles. The summed E-state index contributed by atoms with van der Waals surface area (Å²) >= 11 is 3.73. The monoisotopic (exact) mass is 656 g/mol. The standard InChI is InChI=1S/C41H29BrN4/c1-27(29-14-6-3-7-15-29)43-41(30-16-8-4-9-17-30)44-28(2)45-37-21-13-12-20-33(37)34-23-24-35-36-26-31(42)22-25-38(36)46(40(35)39(34)45)32-18-10-5-11-19-32/h3-26H,1H2,2H3. The fraction of sp³-hybridized carbons (Fsp3) is 0.0244. The van der Waals surface area contributed by atoms with Gasteiger partial charge in [-0.05, 0) is 48.9 Å². The van der Waals surface area contributed by atoms with Gasteiger partial charge in [-0.25, -0.2) is 9.98 Å². The maximum atomic E-state index is 5.28. The van der Waals surface area contributed by atoms with Crippen molar-refractivity contribution in [2.45, 2.75) is 6.92 Å². The lowest BCUT2D eigenvalue weighted by atomic mass is 10.1. The SMILES string of the molecule is C=C(N=C(N=C(C)n1c2ccccc2c2ccc3c4cc(Br)ccc4n(-c4ccccc4)c3c21)c1ccccc1)c1ccccc1. The molecule has 2 aromatic heterocycles. The summed E-state index contributed by atoms with van der Waals surface area (Å²) in [7, 11) is 0. The van der Waals surface area contributed by atoms with Crippen LogP contribution in [0.3, 0.4) is 0 Å². The predicted molar refractivity (Wildman–Crippen MR) is 198 cm³/mol. The first-order valence-electron chi connectivity index (χ1n) is 15.2. The molecule has 8 aromatic rings. The Bertz CT molecular complexity index is 2490. The molecule has 0 aliphatic heterocycles. The lowest BCUT2D eigenvalue weighted by Gasteiger charge is -2.13. The second kappa shape index (κ2) is 11.4. The number of fused-ring (bicyclic) bond motifs is 7. The normalized spacial score (nSPS) is 12.5. The van der Waals surface area contributed by atoms with Gasteiger partial charge >= 0.3 is 0 Å². The zero-order valence-corrected chi connectivity index (χ0v) is 26.8. The van der Waals surface area contributed by atoms with Crippen LogP contribution in [0.4, 0.5) is 0 Å². The zero-order valence-electron chi connectivity index (χ0n) is 25.2. The van der Waals surface area contributed by atoms with Crippen LogP contribution in [0, 0.1) is 0 Å². The van der Waals surface area contributed by atoms with Gasteiger partial charge < -0.3 is 4.57 Å². The number of hydrogen-bond donors (Lipinski definition) is 0. The molecule has 0 radical (unpaired) electrons. The summed E-state index contributed by atoms with van der Waals surface area (Å²) < 4.78 is 5.73. The number of para-hydroxylation sites is 2. The number of nitrogens with zero attached hydrogens (tertiary/aromatic N) is 4. The average Bonchev–Trinajstić information content (AvgIpc) is 3.62. The molecule has 0 N–H and O–H groups in total. The van der Waals surface area contributed by atoms with Crippen LogP contribution in [0.25, 0.3) is 55.0 Å². The molecule has 8 rings (SSSR count). The van der Waals surface area contributed by atoms with Crippen LogP contribution in [-0.2, 0) is 0 Å². The molecule has 0 spiro atoms. The van der Waals surface area contributed by atoms with E-state index in [0.717, 1.165) is 49.2 Å².